The zero-order chi connectivity index (χ0) is 4.41. The molecule has 0 bridgehead atoms. The molecule has 1 nitrogen and oxygen atoms in total. The van der Waals surface area contributed by atoms with Crippen molar-refractivity contribution in [3.05, 3.63) is 0 Å². The first-order chi connectivity index (χ1) is 2.89. The maximum Gasteiger partial charge on any atom is 0 e. The summed E-state index contributed by atoms with van der Waals surface area (Å²) in [5.74, 6) is 0. The van der Waals surface area contributed by atoms with Crippen molar-refractivity contribution in [3.63, 3.8) is 0 Å². The largest absolute Gasteiger partial charge is 0.306 e. The van der Waals surface area contributed by atoms with E-state index in [1.165, 1.54) is 25.9 Å². The molecule has 2 heteroatoms. The van der Waals surface area contributed by atoms with Gasteiger partial charge in [0.1, 0.15) is 0 Å². The second kappa shape index (κ2) is 3.48. The van der Waals surface area contributed by atoms with Crippen molar-refractivity contribution in [2.75, 3.05) is 20.1 Å². The Morgan fingerprint density at radius 3 is 1.71 bits per heavy atom. The van der Waals surface area contributed by atoms with Gasteiger partial charge in [0.05, 0.1) is 0 Å². The van der Waals surface area contributed by atoms with Crippen molar-refractivity contribution in [1.29, 1.82) is 0 Å². The van der Waals surface area contributed by atoms with Crippen molar-refractivity contribution in [1.82, 2.24) is 4.90 Å². The van der Waals surface area contributed by atoms with Crippen molar-refractivity contribution >= 4 is 0 Å². The fraction of sp³-hybridized carbons (Fsp3) is 1.00. The predicted octanol–water partition coefficient (Wildman–Crippen LogP) is 0.710. The molecular formula is C5H11FeN. The second-order valence-electron chi connectivity index (χ2n) is 2.01. The van der Waals surface area contributed by atoms with Gasteiger partial charge in [-0.05, 0) is 33.0 Å². The number of hydrogen-bond acceptors (Lipinski definition) is 1. The average molecular weight is 141 g/mol. The van der Waals surface area contributed by atoms with Crippen molar-refractivity contribution in [3.8, 4) is 0 Å². The SMILES string of the molecule is CN1CCCC1.[Fe]. The van der Waals surface area contributed by atoms with Gasteiger partial charge >= 0.3 is 0 Å². The van der Waals surface area contributed by atoms with Gasteiger partial charge in [0.25, 0.3) is 0 Å². The molecule has 0 spiro atoms. The van der Waals surface area contributed by atoms with Crippen LogP contribution in [0.3, 0.4) is 0 Å². The Morgan fingerprint density at radius 2 is 1.57 bits per heavy atom. The van der Waals surface area contributed by atoms with Crippen LogP contribution in [-0.2, 0) is 17.1 Å². The minimum atomic E-state index is 0. The summed E-state index contributed by atoms with van der Waals surface area (Å²) < 4.78 is 0. The first-order valence-electron chi connectivity index (χ1n) is 2.58. The molecule has 0 saturated carbocycles. The molecule has 7 heavy (non-hydrogen) atoms. The van der Waals surface area contributed by atoms with E-state index < -0.39 is 0 Å². The van der Waals surface area contributed by atoms with E-state index in [-0.39, 0.29) is 17.1 Å². The zero-order valence-corrected chi connectivity index (χ0v) is 5.73. The van der Waals surface area contributed by atoms with Crippen LogP contribution in [0.2, 0.25) is 0 Å². The molecule has 1 aliphatic rings. The average Bonchev–Trinajstić information content (AvgIpc) is 1.86. The summed E-state index contributed by atoms with van der Waals surface area (Å²) in [5, 5.41) is 0. The third-order valence-electron chi connectivity index (χ3n) is 1.33. The molecule has 0 aliphatic carbocycles. The Kier molecular flexibility index (Phi) is 3.72. The number of nitrogens with zero attached hydrogens (tertiary/aromatic N) is 1. The Balaban J connectivity index is 0.000000360. The van der Waals surface area contributed by atoms with E-state index in [0.717, 1.165) is 0 Å². The molecule has 0 N–H and O–H groups in total. The van der Waals surface area contributed by atoms with E-state index in [2.05, 4.69) is 11.9 Å². The van der Waals surface area contributed by atoms with E-state index in [1.807, 2.05) is 0 Å². The summed E-state index contributed by atoms with van der Waals surface area (Å²) in [7, 11) is 2.17. The number of likely N-dealkylation sites (tertiary alicyclic amines) is 1. The summed E-state index contributed by atoms with van der Waals surface area (Å²) in [6, 6.07) is 0. The molecule has 0 atom stereocenters. The van der Waals surface area contributed by atoms with E-state index >= 15 is 0 Å². The predicted molar refractivity (Wildman–Crippen MR) is 26.7 cm³/mol. The molecular weight excluding hydrogens is 130 g/mol. The van der Waals surface area contributed by atoms with E-state index in [9.17, 15) is 0 Å². The summed E-state index contributed by atoms with van der Waals surface area (Å²) >= 11 is 0. The van der Waals surface area contributed by atoms with Crippen LogP contribution in [0, 0.1) is 0 Å². The molecule has 1 fully saturated rings. The Bertz CT molecular complexity index is 41.3. The topological polar surface area (TPSA) is 3.24 Å². The van der Waals surface area contributed by atoms with E-state index in [0.29, 0.717) is 0 Å². The van der Waals surface area contributed by atoms with Gasteiger partial charge in [0, 0.05) is 17.1 Å². The first kappa shape index (κ1) is 7.48. The molecule has 0 aromatic heterocycles. The summed E-state index contributed by atoms with van der Waals surface area (Å²) in [5.41, 5.74) is 0. The van der Waals surface area contributed by atoms with Crippen LogP contribution in [0.4, 0.5) is 0 Å². The molecule has 0 aromatic rings. The first-order valence-corrected chi connectivity index (χ1v) is 2.58. The van der Waals surface area contributed by atoms with Crippen LogP contribution in [0.15, 0.2) is 0 Å². The van der Waals surface area contributed by atoms with Gasteiger partial charge in [-0.15, -0.1) is 0 Å². The standard InChI is InChI=1S/C5H11N.Fe/c1-6-4-2-3-5-6;/h2-5H2,1H3;. The fourth-order valence-electron chi connectivity index (χ4n) is 0.875. The third kappa shape index (κ3) is 2.32. The van der Waals surface area contributed by atoms with Gasteiger partial charge in [-0.25, -0.2) is 0 Å². The second-order valence-corrected chi connectivity index (χ2v) is 2.01. The zero-order valence-electron chi connectivity index (χ0n) is 4.63. The molecule has 1 aliphatic heterocycles. The Morgan fingerprint density at radius 1 is 1.14 bits per heavy atom. The van der Waals surface area contributed by atoms with Gasteiger partial charge in [-0.3, -0.25) is 0 Å². The van der Waals surface area contributed by atoms with E-state index in [1.54, 1.807) is 0 Å². The molecule has 1 rings (SSSR count). The Labute approximate surface area is 55.5 Å². The van der Waals surface area contributed by atoms with Crippen molar-refractivity contribution in [2.24, 2.45) is 0 Å². The van der Waals surface area contributed by atoms with Crippen LogP contribution >= 0.6 is 0 Å². The van der Waals surface area contributed by atoms with Crippen molar-refractivity contribution < 1.29 is 17.1 Å². The number of rotatable bonds is 0. The molecule has 44 valence electrons. The van der Waals surface area contributed by atoms with Gasteiger partial charge in [0.2, 0.25) is 0 Å². The quantitative estimate of drug-likeness (QED) is 0.449. The minimum absolute atomic E-state index is 0. The summed E-state index contributed by atoms with van der Waals surface area (Å²) in [6.07, 6.45) is 2.83. The molecule has 1 saturated heterocycles. The van der Waals surface area contributed by atoms with Crippen molar-refractivity contribution in [2.45, 2.75) is 12.8 Å². The number of hydrogen-bond donors (Lipinski definition) is 0. The minimum Gasteiger partial charge on any atom is -0.306 e. The normalized spacial score (nSPS) is 21.9. The molecule has 0 unspecified atom stereocenters. The monoisotopic (exact) mass is 141 g/mol. The van der Waals surface area contributed by atoms with E-state index in [4.69, 9.17) is 0 Å². The summed E-state index contributed by atoms with van der Waals surface area (Å²) in [6.45, 7) is 2.64. The van der Waals surface area contributed by atoms with Gasteiger partial charge < -0.3 is 4.90 Å². The molecule has 0 amide bonds. The maximum atomic E-state index is 2.36. The summed E-state index contributed by atoms with van der Waals surface area (Å²) in [4.78, 5) is 2.36. The van der Waals surface area contributed by atoms with Gasteiger partial charge in [-0.2, -0.15) is 0 Å². The van der Waals surface area contributed by atoms with Crippen LogP contribution in [0.5, 0.6) is 0 Å². The third-order valence-corrected chi connectivity index (χ3v) is 1.33. The van der Waals surface area contributed by atoms with Crippen LogP contribution in [0.25, 0.3) is 0 Å². The molecule has 1 heterocycles. The molecule has 0 radical (unpaired) electrons. The van der Waals surface area contributed by atoms with Crippen LogP contribution in [-0.4, -0.2) is 25.0 Å². The van der Waals surface area contributed by atoms with Crippen LogP contribution < -0.4 is 0 Å². The Hall–Kier alpha value is 0.479. The van der Waals surface area contributed by atoms with Gasteiger partial charge in [0.15, 0.2) is 0 Å². The molecule has 0 aromatic carbocycles. The fourth-order valence-corrected chi connectivity index (χ4v) is 0.875. The van der Waals surface area contributed by atoms with Gasteiger partial charge in [-0.1, -0.05) is 0 Å². The maximum absolute atomic E-state index is 2.36. The van der Waals surface area contributed by atoms with Crippen LogP contribution in [0.1, 0.15) is 12.8 Å². The smallest absolute Gasteiger partial charge is 0 e.